The van der Waals surface area contributed by atoms with Gasteiger partial charge in [0.25, 0.3) is 5.91 Å². The highest BCUT2D eigenvalue weighted by atomic mass is 32.1. The molecule has 2 aromatic carbocycles. The molecule has 3 rings (SSSR count). The molecule has 0 aliphatic heterocycles. The fourth-order valence-electron chi connectivity index (χ4n) is 2.97. The van der Waals surface area contributed by atoms with Gasteiger partial charge in [-0.05, 0) is 60.5 Å². The van der Waals surface area contributed by atoms with E-state index in [1.54, 1.807) is 17.5 Å². The normalized spacial score (nSPS) is 10.7. The van der Waals surface area contributed by atoms with E-state index in [2.05, 4.69) is 29.5 Å². The summed E-state index contributed by atoms with van der Waals surface area (Å²) < 4.78 is 24.6. The van der Waals surface area contributed by atoms with Gasteiger partial charge in [-0.25, -0.2) is 9.37 Å². The van der Waals surface area contributed by atoms with E-state index in [1.807, 2.05) is 25.1 Å². The highest BCUT2D eigenvalue weighted by molar-refractivity contribution is 7.80. The van der Waals surface area contributed by atoms with Gasteiger partial charge in [0.2, 0.25) is 0 Å². The summed E-state index contributed by atoms with van der Waals surface area (Å²) in [5.74, 6) is 0.275. The first-order valence-corrected chi connectivity index (χ1v) is 11.2. The SMILES string of the molecule is COc1ccc(-c2csc(NC(=S)NC(=O)COc3cc(C)ccc3C(C)C)n2)cc1F. The Hall–Kier alpha value is -3.04. The van der Waals surface area contributed by atoms with Crippen molar-refractivity contribution in [3.05, 3.63) is 58.7 Å². The predicted molar refractivity (Wildman–Crippen MR) is 129 cm³/mol. The molecule has 1 aromatic heterocycles. The second kappa shape index (κ2) is 10.5. The van der Waals surface area contributed by atoms with Gasteiger partial charge < -0.3 is 14.8 Å². The number of thiocarbonyl (C=S) groups is 1. The molecule has 2 N–H and O–H groups in total. The first-order valence-electron chi connectivity index (χ1n) is 9.90. The molecule has 0 fully saturated rings. The van der Waals surface area contributed by atoms with Gasteiger partial charge >= 0.3 is 0 Å². The van der Waals surface area contributed by atoms with Crippen molar-refractivity contribution in [2.45, 2.75) is 26.7 Å². The number of methoxy groups -OCH3 is 1. The van der Waals surface area contributed by atoms with E-state index in [1.165, 1.54) is 24.5 Å². The van der Waals surface area contributed by atoms with E-state index in [9.17, 15) is 9.18 Å². The highest BCUT2D eigenvalue weighted by Crippen LogP contribution is 2.29. The molecule has 1 heterocycles. The third-order valence-corrected chi connectivity index (χ3v) is 5.54. The number of rotatable bonds is 7. The van der Waals surface area contributed by atoms with Gasteiger partial charge in [-0.15, -0.1) is 11.3 Å². The fourth-order valence-corrected chi connectivity index (χ4v) is 3.97. The summed E-state index contributed by atoms with van der Waals surface area (Å²) in [6, 6.07) is 10.6. The summed E-state index contributed by atoms with van der Waals surface area (Å²) in [4.78, 5) is 16.7. The number of carbonyl (C=O) groups is 1. The van der Waals surface area contributed by atoms with Gasteiger partial charge in [0.15, 0.2) is 28.4 Å². The van der Waals surface area contributed by atoms with Gasteiger partial charge in [-0.2, -0.15) is 0 Å². The third-order valence-electron chi connectivity index (χ3n) is 4.57. The van der Waals surface area contributed by atoms with Crippen LogP contribution in [0.3, 0.4) is 0 Å². The van der Waals surface area contributed by atoms with Crippen LogP contribution in [0.1, 0.15) is 30.9 Å². The summed E-state index contributed by atoms with van der Waals surface area (Å²) in [6.45, 7) is 5.94. The first-order chi connectivity index (χ1) is 15.3. The van der Waals surface area contributed by atoms with Gasteiger partial charge in [0, 0.05) is 10.9 Å². The Labute approximate surface area is 195 Å². The van der Waals surface area contributed by atoms with Crippen LogP contribution >= 0.6 is 23.6 Å². The van der Waals surface area contributed by atoms with Gasteiger partial charge in [-0.3, -0.25) is 10.1 Å². The molecule has 0 saturated carbocycles. The third kappa shape index (κ3) is 6.02. The number of carbonyl (C=O) groups excluding carboxylic acids is 1. The topological polar surface area (TPSA) is 72.5 Å². The lowest BCUT2D eigenvalue weighted by Crippen LogP contribution is -2.37. The van der Waals surface area contributed by atoms with Crippen LogP contribution in [0.15, 0.2) is 41.8 Å². The fraction of sp³-hybridized carbons (Fsp3) is 0.261. The lowest BCUT2D eigenvalue weighted by Gasteiger charge is -2.15. The minimum atomic E-state index is -0.468. The zero-order valence-corrected chi connectivity index (χ0v) is 19.8. The Morgan fingerprint density at radius 1 is 1.22 bits per heavy atom. The molecule has 168 valence electrons. The maximum absolute atomic E-state index is 13.9. The summed E-state index contributed by atoms with van der Waals surface area (Å²) in [5.41, 5.74) is 3.28. The van der Waals surface area contributed by atoms with Gasteiger partial charge in [0.05, 0.1) is 12.8 Å². The van der Waals surface area contributed by atoms with Crippen LogP contribution in [0.5, 0.6) is 11.5 Å². The molecule has 0 saturated heterocycles. The Morgan fingerprint density at radius 3 is 2.69 bits per heavy atom. The molecule has 9 heteroatoms. The maximum Gasteiger partial charge on any atom is 0.264 e. The number of halogens is 1. The quantitative estimate of drug-likeness (QED) is 0.455. The number of aromatic nitrogens is 1. The van der Waals surface area contributed by atoms with Crippen LogP contribution < -0.4 is 20.1 Å². The van der Waals surface area contributed by atoms with Crippen molar-refractivity contribution in [2.24, 2.45) is 0 Å². The number of benzene rings is 2. The van der Waals surface area contributed by atoms with Crippen molar-refractivity contribution in [3.63, 3.8) is 0 Å². The van der Waals surface area contributed by atoms with Crippen molar-refractivity contribution in [1.82, 2.24) is 10.3 Å². The molecule has 0 aliphatic rings. The zero-order valence-electron chi connectivity index (χ0n) is 18.2. The number of amides is 1. The van der Waals surface area contributed by atoms with Crippen molar-refractivity contribution < 1.29 is 18.7 Å². The van der Waals surface area contributed by atoms with Crippen molar-refractivity contribution in [1.29, 1.82) is 0 Å². The Bertz CT molecular complexity index is 1130. The van der Waals surface area contributed by atoms with Gasteiger partial charge in [-0.1, -0.05) is 26.0 Å². The number of anilines is 1. The van der Waals surface area contributed by atoms with E-state index < -0.39 is 5.82 Å². The van der Waals surface area contributed by atoms with Crippen LogP contribution in [0.4, 0.5) is 9.52 Å². The second-order valence-electron chi connectivity index (χ2n) is 7.37. The number of ether oxygens (including phenoxy) is 2. The van der Waals surface area contributed by atoms with E-state index in [4.69, 9.17) is 21.7 Å². The molecular formula is C23H24FN3O3S2. The number of nitrogens with one attached hydrogen (secondary N) is 2. The summed E-state index contributed by atoms with van der Waals surface area (Å²) in [6.07, 6.45) is 0. The molecule has 0 atom stereocenters. The molecule has 0 radical (unpaired) electrons. The summed E-state index contributed by atoms with van der Waals surface area (Å²) >= 11 is 6.49. The van der Waals surface area contributed by atoms with Crippen LogP contribution in [-0.4, -0.2) is 29.7 Å². The molecule has 0 spiro atoms. The van der Waals surface area contributed by atoms with Crippen LogP contribution in [0, 0.1) is 12.7 Å². The molecule has 32 heavy (non-hydrogen) atoms. The standard InChI is InChI=1S/C23H24FN3O3S2/c1-13(2)16-7-5-14(3)9-20(16)30-11-21(28)26-22(31)27-23-25-18(12-32-23)15-6-8-19(29-4)17(24)10-15/h5-10,12-13H,11H2,1-4H3,(H2,25,26,27,28,31). The molecule has 6 nitrogen and oxygen atoms in total. The lowest BCUT2D eigenvalue weighted by atomic mass is 10.0. The Balaban J connectivity index is 1.56. The van der Waals surface area contributed by atoms with Crippen LogP contribution in [0.2, 0.25) is 0 Å². The average Bonchev–Trinajstić information content (AvgIpc) is 3.20. The number of hydrogen-bond acceptors (Lipinski definition) is 6. The Kier molecular flexibility index (Phi) is 7.76. The molecule has 1 amide bonds. The average molecular weight is 474 g/mol. The van der Waals surface area contributed by atoms with E-state index in [0.717, 1.165) is 11.1 Å². The first kappa shape index (κ1) is 23.6. The largest absolute Gasteiger partial charge is 0.494 e. The maximum atomic E-state index is 13.9. The number of thiazole rings is 1. The van der Waals surface area contributed by atoms with Crippen LogP contribution in [0.25, 0.3) is 11.3 Å². The van der Waals surface area contributed by atoms with E-state index in [0.29, 0.717) is 22.1 Å². The molecule has 0 aliphatic carbocycles. The van der Waals surface area contributed by atoms with Crippen molar-refractivity contribution in [3.8, 4) is 22.8 Å². The Morgan fingerprint density at radius 2 is 2.00 bits per heavy atom. The highest BCUT2D eigenvalue weighted by Gasteiger charge is 2.13. The van der Waals surface area contributed by atoms with Crippen molar-refractivity contribution in [2.75, 3.05) is 19.0 Å². The summed E-state index contributed by atoms with van der Waals surface area (Å²) in [5, 5.41) is 7.80. The lowest BCUT2D eigenvalue weighted by molar-refractivity contribution is -0.121. The van der Waals surface area contributed by atoms with E-state index in [-0.39, 0.29) is 29.3 Å². The van der Waals surface area contributed by atoms with Crippen molar-refractivity contribution >= 4 is 39.7 Å². The zero-order chi connectivity index (χ0) is 23.3. The molecule has 0 unspecified atom stereocenters. The van der Waals surface area contributed by atoms with Crippen LogP contribution in [-0.2, 0) is 4.79 Å². The molecule has 3 aromatic rings. The second-order valence-corrected chi connectivity index (χ2v) is 8.64. The van der Waals surface area contributed by atoms with Gasteiger partial charge in [0.1, 0.15) is 5.75 Å². The minimum absolute atomic E-state index is 0.105. The predicted octanol–water partition coefficient (Wildman–Crippen LogP) is 5.28. The molecular weight excluding hydrogens is 449 g/mol. The summed E-state index contributed by atoms with van der Waals surface area (Å²) in [7, 11) is 1.41. The smallest absolute Gasteiger partial charge is 0.264 e. The number of aryl methyl sites for hydroxylation is 1. The number of nitrogens with zero attached hydrogens (tertiary/aromatic N) is 1. The number of hydrogen-bond donors (Lipinski definition) is 2. The monoisotopic (exact) mass is 473 g/mol. The molecule has 0 bridgehead atoms. The van der Waals surface area contributed by atoms with E-state index >= 15 is 0 Å². The minimum Gasteiger partial charge on any atom is -0.494 e.